The molecule has 1 aliphatic heterocycles. The number of piperidine rings is 1. The Kier molecular flexibility index (Phi) is 6.28. The first-order chi connectivity index (χ1) is 14.7. The van der Waals surface area contributed by atoms with Crippen LogP contribution in [0.2, 0.25) is 0 Å². The summed E-state index contributed by atoms with van der Waals surface area (Å²) in [5.41, 5.74) is 3.35. The molecule has 30 heavy (non-hydrogen) atoms. The van der Waals surface area contributed by atoms with Crippen LogP contribution >= 0.6 is 0 Å². The number of nitrogens with one attached hydrogen (secondary N) is 2. The second-order valence-electron chi connectivity index (χ2n) is 7.74. The molecule has 0 saturated carbocycles. The van der Waals surface area contributed by atoms with Crippen LogP contribution in [0.4, 0.5) is 0 Å². The van der Waals surface area contributed by atoms with E-state index >= 15 is 0 Å². The van der Waals surface area contributed by atoms with Crippen LogP contribution in [0.15, 0.2) is 66.9 Å². The minimum absolute atomic E-state index is 0.0112. The van der Waals surface area contributed by atoms with Crippen LogP contribution in [0, 0.1) is 5.92 Å². The number of likely N-dealkylation sites (tertiary alicyclic amines) is 1. The maximum atomic E-state index is 12.5. The van der Waals surface area contributed by atoms with Crippen molar-refractivity contribution in [2.24, 2.45) is 5.92 Å². The summed E-state index contributed by atoms with van der Waals surface area (Å²) in [6.45, 7) is 1.87. The summed E-state index contributed by atoms with van der Waals surface area (Å²) >= 11 is 0. The Balaban J connectivity index is 1.21. The van der Waals surface area contributed by atoms with Crippen LogP contribution in [0.3, 0.4) is 0 Å². The van der Waals surface area contributed by atoms with Gasteiger partial charge >= 0.3 is 0 Å². The van der Waals surface area contributed by atoms with Gasteiger partial charge in [-0.15, -0.1) is 0 Å². The number of benzene rings is 2. The first-order valence-corrected chi connectivity index (χ1v) is 10.6. The molecule has 5 heteroatoms. The van der Waals surface area contributed by atoms with E-state index in [2.05, 4.69) is 22.4 Å². The number of rotatable bonds is 6. The molecule has 2 N–H and O–H groups in total. The SMILES string of the molecule is O=C(NCCc1c[nH]c2ccccc12)C1CCN(C(=O)/C=C/c2ccccc2)CC1. The topological polar surface area (TPSA) is 65.2 Å². The highest BCUT2D eigenvalue weighted by Crippen LogP contribution is 2.19. The average Bonchev–Trinajstić information content (AvgIpc) is 3.21. The lowest BCUT2D eigenvalue weighted by Crippen LogP contribution is -2.42. The van der Waals surface area contributed by atoms with Gasteiger partial charge in [-0.25, -0.2) is 0 Å². The zero-order valence-corrected chi connectivity index (χ0v) is 17.0. The van der Waals surface area contributed by atoms with Gasteiger partial charge in [0.1, 0.15) is 0 Å². The van der Waals surface area contributed by atoms with Crippen molar-refractivity contribution in [2.45, 2.75) is 19.3 Å². The molecular weight excluding hydrogens is 374 g/mol. The number of para-hydroxylation sites is 1. The lowest BCUT2D eigenvalue weighted by Gasteiger charge is -2.30. The molecule has 0 aliphatic carbocycles. The summed E-state index contributed by atoms with van der Waals surface area (Å²) in [5, 5.41) is 4.29. The smallest absolute Gasteiger partial charge is 0.246 e. The third-order valence-electron chi connectivity index (χ3n) is 5.76. The van der Waals surface area contributed by atoms with Crippen molar-refractivity contribution in [3.8, 4) is 0 Å². The maximum Gasteiger partial charge on any atom is 0.246 e. The first-order valence-electron chi connectivity index (χ1n) is 10.6. The Morgan fingerprint density at radius 2 is 1.77 bits per heavy atom. The van der Waals surface area contributed by atoms with Crippen molar-refractivity contribution in [1.82, 2.24) is 15.2 Å². The molecule has 0 spiro atoms. The number of fused-ring (bicyclic) bond motifs is 1. The normalized spacial score (nSPS) is 15.0. The fourth-order valence-electron chi connectivity index (χ4n) is 4.00. The van der Waals surface area contributed by atoms with Gasteiger partial charge in [-0.05, 0) is 42.5 Å². The van der Waals surface area contributed by atoms with Crippen LogP contribution in [0.25, 0.3) is 17.0 Å². The highest BCUT2D eigenvalue weighted by molar-refractivity contribution is 5.92. The molecule has 0 radical (unpaired) electrons. The molecule has 3 aromatic rings. The zero-order valence-electron chi connectivity index (χ0n) is 17.0. The predicted molar refractivity (Wildman–Crippen MR) is 120 cm³/mol. The second kappa shape index (κ2) is 9.44. The van der Waals surface area contributed by atoms with E-state index < -0.39 is 0 Å². The summed E-state index contributed by atoms with van der Waals surface area (Å²) in [7, 11) is 0. The van der Waals surface area contributed by atoms with Crippen molar-refractivity contribution < 1.29 is 9.59 Å². The number of carbonyl (C=O) groups excluding carboxylic acids is 2. The molecule has 0 unspecified atom stereocenters. The third-order valence-corrected chi connectivity index (χ3v) is 5.76. The summed E-state index contributed by atoms with van der Waals surface area (Å²) in [6, 6.07) is 18.0. The lowest BCUT2D eigenvalue weighted by molar-refractivity contribution is -0.132. The molecule has 1 fully saturated rings. The fraction of sp³-hybridized carbons (Fsp3) is 0.280. The Morgan fingerprint density at radius 1 is 1.03 bits per heavy atom. The van der Waals surface area contributed by atoms with E-state index in [1.54, 1.807) is 6.08 Å². The minimum Gasteiger partial charge on any atom is -0.361 e. The molecule has 2 aromatic carbocycles. The summed E-state index contributed by atoms with van der Waals surface area (Å²) in [6.07, 6.45) is 7.71. The van der Waals surface area contributed by atoms with Crippen LogP contribution in [-0.2, 0) is 16.0 Å². The number of nitrogens with zero attached hydrogens (tertiary/aromatic N) is 1. The monoisotopic (exact) mass is 401 g/mol. The van der Waals surface area contributed by atoms with Crippen molar-refractivity contribution in [3.05, 3.63) is 78.0 Å². The van der Waals surface area contributed by atoms with Crippen LogP contribution in [0.5, 0.6) is 0 Å². The number of aromatic amines is 1. The molecule has 1 aromatic heterocycles. The average molecular weight is 402 g/mol. The van der Waals surface area contributed by atoms with E-state index in [1.807, 2.05) is 59.6 Å². The fourth-order valence-corrected chi connectivity index (χ4v) is 4.00. The van der Waals surface area contributed by atoms with Crippen LogP contribution < -0.4 is 5.32 Å². The largest absolute Gasteiger partial charge is 0.361 e. The number of aromatic nitrogens is 1. The quantitative estimate of drug-likeness (QED) is 0.618. The van der Waals surface area contributed by atoms with Crippen molar-refractivity contribution in [3.63, 3.8) is 0 Å². The second-order valence-corrected chi connectivity index (χ2v) is 7.74. The Hall–Kier alpha value is -3.34. The molecule has 4 rings (SSSR count). The van der Waals surface area contributed by atoms with Gasteiger partial charge < -0.3 is 15.2 Å². The molecule has 154 valence electrons. The molecular formula is C25H27N3O2. The first kappa shape index (κ1) is 20.0. The number of carbonyl (C=O) groups is 2. The van der Waals surface area contributed by atoms with Gasteiger partial charge in [0.25, 0.3) is 0 Å². The molecule has 2 amide bonds. The lowest BCUT2D eigenvalue weighted by atomic mass is 9.95. The third kappa shape index (κ3) is 4.79. The molecule has 0 atom stereocenters. The summed E-state index contributed by atoms with van der Waals surface area (Å²) in [5.74, 6) is 0.0916. The van der Waals surface area contributed by atoms with Crippen molar-refractivity contribution >= 4 is 28.8 Å². The van der Waals surface area contributed by atoms with Crippen LogP contribution in [-0.4, -0.2) is 41.3 Å². The van der Waals surface area contributed by atoms with E-state index in [1.165, 1.54) is 10.9 Å². The molecule has 2 heterocycles. The highest BCUT2D eigenvalue weighted by Gasteiger charge is 2.26. The van der Waals surface area contributed by atoms with Gasteiger partial charge in [-0.3, -0.25) is 9.59 Å². The van der Waals surface area contributed by atoms with E-state index in [4.69, 9.17) is 0 Å². The number of hydrogen-bond acceptors (Lipinski definition) is 2. The molecule has 5 nitrogen and oxygen atoms in total. The van der Waals surface area contributed by atoms with E-state index in [0.29, 0.717) is 32.5 Å². The Labute approximate surface area is 176 Å². The van der Waals surface area contributed by atoms with Crippen molar-refractivity contribution in [1.29, 1.82) is 0 Å². The van der Waals surface area contributed by atoms with Crippen molar-refractivity contribution in [2.75, 3.05) is 19.6 Å². The summed E-state index contributed by atoms with van der Waals surface area (Å²) in [4.78, 5) is 30.0. The standard InChI is InChI=1S/C25H27N3O2/c29-24(11-10-19-6-2-1-3-7-19)28-16-13-20(14-17-28)25(30)26-15-12-21-18-27-23-9-5-4-8-22(21)23/h1-11,18,20,27H,12-17H2,(H,26,30)/b11-10+. The molecule has 1 aliphatic rings. The van der Waals surface area contributed by atoms with E-state index in [0.717, 1.165) is 17.5 Å². The summed E-state index contributed by atoms with van der Waals surface area (Å²) < 4.78 is 0. The molecule has 0 bridgehead atoms. The van der Waals surface area contributed by atoms with Gasteiger partial charge in [0.15, 0.2) is 0 Å². The highest BCUT2D eigenvalue weighted by atomic mass is 16.2. The van der Waals surface area contributed by atoms with E-state index in [9.17, 15) is 9.59 Å². The van der Waals surface area contributed by atoms with Gasteiger partial charge in [-0.1, -0.05) is 48.5 Å². The Bertz CT molecular complexity index is 1030. The maximum absolute atomic E-state index is 12.5. The van der Waals surface area contributed by atoms with Gasteiger partial charge in [-0.2, -0.15) is 0 Å². The number of amides is 2. The van der Waals surface area contributed by atoms with E-state index in [-0.39, 0.29) is 17.7 Å². The predicted octanol–water partition coefficient (Wildman–Crippen LogP) is 3.78. The van der Waals surface area contributed by atoms with Gasteiger partial charge in [0.2, 0.25) is 11.8 Å². The zero-order chi connectivity index (χ0) is 20.8. The van der Waals surface area contributed by atoms with Gasteiger partial charge in [0.05, 0.1) is 0 Å². The number of hydrogen-bond donors (Lipinski definition) is 2. The van der Waals surface area contributed by atoms with Crippen LogP contribution in [0.1, 0.15) is 24.0 Å². The Morgan fingerprint density at radius 3 is 2.57 bits per heavy atom. The molecule has 1 saturated heterocycles. The minimum atomic E-state index is -0.0184. The van der Waals surface area contributed by atoms with Gasteiger partial charge in [0, 0.05) is 48.7 Å². The number of H-pyrrole nitrogens is 1.